The van der Waals surface area contributed by atoms with Crippen LogP contribution in [-0.4, -0.2) is 24.6 Å². The zero-order valence-electron chi connectivity index (χ0n) is 10.8. The molecule has 0 atom stereocenters. The molecule has 2 rings (SSSR count). The van der Waals surface area contributed by atoms with Gasteiger partial charge in [0.05, 0.1) is 17.2 Å². The van der Waals surface area contributed by atoms with E-state index >= 15 is 0 Å². The first-order valence-corrected chi connectivity index (χ1v) is 8.60. The van der Waals surface area contributed by atoms with Crippen LogP contribution >= 0.6 is 11.3 Å². The van der Waals surface area contributed by atoms with Crippen molar-refractivity contribution in [1.29, 1.82) is 0 Å². The zero-order valence-corrected chi connectivity index (χ0v) is 12.4. The van der Waals surface area contributed by atoms with Gasteiger partial charge in [-0.15, -0.1) is 11.3 Å². The Labute approximate surface area is 116 Å². The Balaban J connectivity index is 2.16. The molecule has 0 aromatic carbocycles. The number of hydrogen-bond donors (Lipinski definition) is 1. The van der Waals surface area contributed by atoms with E-state index in [1.54, 1.807) is 29.7 Å². The van der Waals surface area contributed by atoms with Crippen LogP contribution in [0.2, 0.25) is 0 Å². The van der Waals surface area contributed by atoms with Crippen molar-refractivity contribution < 1.29 is 8.42 Å². The molecule has 0 saturated carbocycles. The lowest BCUT2D eigenvalue weighted by Crippen LogP contribution is -2.08. The molecule has 5 nitrogen and oxygen atoms in total. The molecule has 0 aliphatic rings. The van der Waals surface area contributed by atoms with Crippen molar-refractivity contribution in [2.45, 2.75) is 24.8 Å². The predicted octanol–water partition coefficient (Wildman–Crippen LogP) is 2.12. The molecule has 0 aliphatic heterocycles. The molecule has 2 aromatic heterocycles. The molecule has 0 spiro atoms. The number of sulfone groups is 1. The highest BCUT2D eigenvalue weighted by molar-refractivity contribution is 7.90. The molecule has 2 aromatic rings. The van der Waals surface area contributed by atoms with Crippen molar-refractivity contribution >= 4 is 27.0 Å². The maximum Gasteiger partial charge on any atom is 0.179 e. The molecular weight excluding hydrogens is 282 g/mol. The van der Waals surface area contributed by atoms with E-state index in [-0.39, 0.29) is 4.90 Å². The second-order valence-corrected chi connectivity index (χ2v) is 6.99. The van der Waals surface area contributed by atoms with Crippen molar-refractivity contribution in [3.8, 4) is 0 Å². The maximum absolute atomic E-state index is 11.6. The highest BCUT2D eigenvalue weighted by atomic mass is 32.2. The fourth-order valence-corrected chi connectivity index (χ4v) is 3.14. The van der Waals surface area contributed by atoms with E-state index in [4.69, 9.17) is 0 Å². The molecule has 0 aliphatic carbocycles. The molecule has 0 unspecified atom stereocenters. The van der Waals surface area contributed by atoms with Gasteiger partial charge in [-0.25, -0.2) is 18.4 Å². The third-order valence-corrected chi connectivity index (χ3v) is 4.68. The minimum atomic E-state index is -3.28. The summed E-state index contributed by atoms with van der Waals surface area (Å²) < 4.78 is 23.2. The van der Waals surface area contributed by atoms with Crippen molar-refractivity contribution in [1.82, 2.24) is 9.97 Å². The van der Waals surface area contributed by atoms with Gasteiger partial charge >= 0.3 is 0 Å². The van der Waals surface area contributed by atoms with Crippen LogP contribution in [-0.2, 0) is 22.8 Å². The van der Waals surface area contributed by atoms with Gasteiger partial charge < -0.3 is 5.32 Å². The third kappa shape index (κ3) is 3.51. The highest BCUT2D eigenvalue weighted by Crippen LogP contribution is 2.19. The molecule has 7 heteroatoms. The van der Waals surface area contributed by atoms with E-state index in [0.717, 1.165) is 17.1 Å². The van der Waals surface area contributed by atoms with Gasteiger partial charge in [-0.1, -0.05) is 6.92 Å². The second-order valence-electron chi connectivity index (χ2n) is 4.06. The van der Waals surface area contributed by atoms with Gasteiger partial charge in [-0.3, -0.25) is 0 Å². The molecule has 0 fully saturated rings. The summed E-state index contributed by atoms with van der Waals surface area (Å²) in [5.41, 5.74) is 0.895. The van der Waals surface area contributed by atoms with Crippen LogP contribution in [0.15, 0.2) is 28.6 Å². The number of pyridine rings is 1. The normalized spacial score (nSPS) is 11.5. The fraction of sp³-hybridized carbons (Fsp3) is 0.333. The number of anilines is 1. The average molecular weight is 297 g/mol. The SMILES string of the molecule is CCc1nc(CNc2ncccc2S(C)(=O)=O)cs1. The van der Waals surface area contributed by atoms with Gasteiger partial charge in [0.15, 0.2) is 9.84 Å². The fourth-order valence-electron chi connectivity index (χ4n) is 1.59. The van der Waals surface area contributed by atoms with Gasteiger partial charge in [0.25, 0.3) is 0 Å². The van der Waals surface area contributed by atoms with Gasteiger partial charge in [-0.2, -0.15) is 0 Å². The molecular formula is C12H15N3O2S2. The average Bonchev–Trinajstić information content (AvgIpc) is 2.83. The first-order valence-electron chi connectivity index (χ1n) is 5.83. The monoisotopic (exact) mass is 297 g/mol. The molecule has 102 valence electrons. The smallest absolute Gasteiger partial charge is 0.179 e. The second kappa shape index (κ2) is 5.66. The van der Waals surface area contributed by atoms with E-state index in [0.29, 0.717) is 12.4 Å². The molecule has 2 heterocycles. The summed E-state index contributed by atoms with van der Waals surface area (Å²) in [4.78, 5) is 8.70. The summed E-state index contributed by atoms with van der Waals surface area (Å²) in [6.07, 6.45) is 3.64. The lowest BCUT2D eigenvalue weighted by atomic mass is 10.4. The van der Waals surface area contributed by atoms with Gasteiger partial charge in [0.2, 0.25) is 0 Å². The van der Waals surface area contributed by atoms with Gasteiger partial charge in [-0.05, 0) is 18.6 Å². The Kier molecular flexibility index (Phi) is 4.16. The molecule has 19 heavy (non-hydrogen) atoms. The number of nitrogens with zero attached hydrogens (tertiary/aromatic N) is 2. The lowest BCUT2D eigenvalue weighted by Gasteiger charge is -2.08. The minimum Gasteiger partial charge on any atom is -0.363 e. The topological polar surface area (TPSA) is 72.0 Å². The molecule has 0 bridgehead atoms. The van der Waals surface area contributed by atoms with Crippen LogP contribution < -0.4 is 5.32 Å². The highest BCUT2D eigenvalue weighted by Gasteiger charge is 2.13. The largest absolute Gasteiger partial charge is 0.363 e. The molecule has 1 N–H and O–H groups in total. The summed E-state index contributed by atoms with van der Waals surface area (Å²) in [5, 5.41) is 6.07. The minimum absolute atomic E-state index is 0.209. The van der Waals surface area contributed by atoms with Crippen LogP contribution in [0.3, 0.4) is 0 Å². The Bertz CT molecular complexity index is 665. The van der Waals surface area contributed by atoms with Gasteiger partial charge in [0, 0.05) is 17.8 Å². The summed E-state index contributed by atoms with van der Waals surface area (Å²) in [6, 6.07) is 3.16. The first kappa shape index (κ1) is 14.0. The van der Waals surface area contributed by atoms with E-state index in [9.17, 15) is 8.42 Å². The summed E-state index contributed by atoms with van der Waals surface area (Å²) in [5.74, 6) is 0.371. The van der Waals surface area contributed by atoms with Crippen LogP contribution in [0.4, 0.5) is 5.82 Å². The maximum atomic E-state index is 11.6. The number of rotatable bonds is 5. The Hall–Kier alpha value is -1.47. The molecule has 0 amide bonds. The van der Waals surface area contributed by atoms with E-state index in [1.165, 1.54) is 6.26 Å². The molecule has 0 radical (unpaired) electrons. The third-order valence-electron chi connectivity index (χ3n) is 2.51. The first-order chi connectivity index (χ1) is 9.00. The van der Waals surface area contributed by atoms with Crippen LogP contribution in [0.5, 0.6) is 0 Å². The van der Waals surface area contributed by atoms with Gasteiger partial charge in [0.1, 0.15) is 10.7 Å². The lowest BCUT2D eigenvalue weighted by molar-refractivity contribution is 0.601. The summed E-state index contributed by atoms with van der Waals surface area (Å²) in [7, 11) is -3.28. The Morgan fingerprint density at radius 1 is 1.42 bits per heavy atom. The predicted molar refractivity (Wildman–Crippen MR) is 76.2 cm³/mol. The number of aryl methyl sites for hydroxylation is 1. The Morgan fingerprint density at radius 2 is 2.21 bits per heavy atom. The number of aromatic nitrogens is 2. The standard InChI is InChI=1S/C12H15N3O2S2/c1-3-11-15-9(8-18-11)7-14-12-10(19(2,16)17)5-4-6-13-12/h4-6,8H,3,7H2,1-2H3,(H,13,14). The van der Waals surface area contributed by atoms with Crippen molar-refractivity contribution in [3.05, 3.63) is 34.4 Å². The van der Waals surface area contributed by atoms with Crippen molar-refractivity contribution in [3.63, 3.8) is 0 Å². The van der Waals surface area contributed by atoms with Crippen LogP contribution in [0.1, 0.15) is 17.6 Å². The van der Waals surface area contributed by atoms with Crippen LogP contribution in [0, 0.1) is 0 Å². The quantitative estimate of drug-likeness (QED) is 0.915. The zero-order chi connectivity index (χ0) is 13.9. The van der Waals surface area contributed by atoms with E-state index < -0.39 is 9.84 Å². The Morgan fingerprint density at radius 3 is 2.84 bits per heavy atom. The van der Waals surface area contributed by atoms with E-state index in [2.05, 4.69) is 22.2 Å². The number of nitrogens with one attached hydrogen (secondary N) is 1. The number of thiazole rings is 1. The summed E-state index contributed by atoms with van der Waals surface area (Å²) in [6.45, 7) is 2.52. The molecule has 0 saturated heterocycles. The van der Waals surface area contributed by atoms with Crippen LogP contribution in [0.25, 0.3) is 0 Å². The van der Waals surface area contributed by atoms with E-state index in [1.807, 2.05) is 5.38 Å². The number of hydrogen-bond acceptors (Lipinski definition) is 6. The summed E-state index contributed by atoms with van der Waals surface area (Å²) >= 11 is 1.60. The van der Waals surface area contributed by atoms with Crippen molar-refractivity contribution in [2.24, 2.45) is 0 Å². The van der Waals surface area contributed by atoms with Crippen molar-refractivity contribution in [2.75, 3.05) is 11.6 Å².